The molecule has 7 nitrogen and oxygen atoms in total. The van der Waals surface area contributed by atoms with Crippen molar-refractivity contribution in [3.63, 3.8) is 0 Å². The van der Waals surface area contributed by atoms with Crippen LogP contribution in [0, 0.1) is 0 Å². The van der Waals surface area contributed by atoms with Crippen molar-refractivity contribution in [1.29, 1.82) is 0 Å². The molecule has 1 saturated heterocycles. The summed E-state index contributed by atoms with van der Waals surface area (Å²) >= 11 is 0. The van der Waals surface area contributed by atoms with Gasteiger partial charge in [-0.2, -0.15) is 0 Å². The molecule has 1 aliphatic carbocycles. The second-order valence-corrected chi connectivity index (χ2v) is 6.24. The molecule has 2 rings (SSSR count). The van der Waals surface area contributed by atoms with Gasteiger partial charge >= 0.3 is 6.09 Å². The van der Waals surface area contributed by atoms with Gasteiger partial charge in [0.1, 0.15) is 0 Å². The van der Waals surface area contributed by atoms with Gasteiger partial charge in [-0.05, 0) is 32.6 Å². The van der Waals surface area contributed by atoms with Gasteiger partial charge in [0.25, 0.3) is 0 Å². The van der Waals surface area contributed by atoms with E-state index in [0.29, 0.717) is 32.2 Å². The number of amides is 1. The van der Waals surface area contributed by atoms with E-state index in [1.807, 2.05) is 6.92 Å². The van der Waals surface area contributed by atoms with Crippen molar-refractivity contribution in [2.45, 2.75) is 57.1 Å². The van der Waals surface area contributed by atoms with Crippen molar-refractivity contribution in [3.05, 3.63) is 0 Å². The van der Waals surface area contributed by atoms with Crippen LogP contribution in [-0.4, -0.2) is 59.9 Å². The van der Waals surface area contributed by atoms with Crippen LogP contribution in [-0.2, 0) is 4.74 Å². The molecule has 7 heteroatoms. The molecule has 1 heterocycles. The maximum Gasteiger partial charge on any atom is 0.409 e. The topological polar surface area (TPSA) is 100 Å². The largest absolute Gasteiger partial charge is 0.450 e. The Hall–Kier alpha value is -1.50. The number of nitrogens with one attached hydrogen (secondary N) is 1. The molecular weight excluding hydrogens is 284 g/mol. The molecule has 0 spiro atoms. The second kappa shape index (κ2) is 7.67. The number of guanidine groups is 1. The molecule has 2 fully saturated rings. The molecule has 1 aliphatic heterocycles. The number of likely N-dealkylation sites (tertiary alicyclic amines) is 1. The Kier molecular flexibility index (Phi) is 5.88. The molecule has 0 radical (unpaired) electrons. The Bertz CT molecular complexity index is 400. The number of aliphatic imine (C=N–C) groups is 1. The molecule has 0 bridgehead atoms. The van der Waals surface area contributed by atoms with Crippen molar-refractivity contribution >= 4 is 12.1 Å². The van der Waals surface area contributed by atoms with Crippen LogP contribution in [0.5, 0.6) is 0 Å². The lowest BCUT2D eigenvalue weighted by Gasteiger charge is -2.32. The number of nitrogens with zero attached hydrogens (tertiary/aromatic N) is 2. The third-order valence-electron chi connectivity index (χ3n) is 4.45. The highest BCUT2D eigenvalue weighted by molar-refractivity contribution is 5.78. The van der Waals surface area contributed by atoms with Crippen LogP contribution in [0.2, 0.25) is 0 Å². The monoisotopic (exact) mass is 312 g/mol. The van der Waals surface area contributed by atoms with Crippen molar-refractivity contribution in [3.8, 4) is 0 Å². The Morgan fingerprint density at radius 2 is 2.05 bits per heavy atom. The number of aliphatic hydroxyl groups is 1. The van der Waals surface area contributed by atoms with Gasteiger partial charge in [-0.3, -0.25) is 4.99 Å². The Labute approximate surface area is 131 Å². The van der Waals surface area contributed by atoms with Gasteiger partial charge in [0, 0.05) is 19.1 Å². The van der Waals surface area contributed by atoms with E-state index in [2.05, 4.69) is 10.3 Å². The predicted molar refractivity (Wildman–Crippen MR) is 84.7 cm³/mol. The van der Waals surface area contributed by atoms with Crippen LogP contribution in [0.1, 0.15) is 45.4 Å². The number of hydrogen-bond acceptors (Lipinski definition) is 4. The fraction of sp³-hybridized carbons (Fsp3) is 0.867. The second-order valence-electron chi connectivity index (χ2n) is 6.24. The first-order valence-corrected chi connectivity index (χ1v) is 8.23. The predicted octanol–water partition coefficient (Wildman–Crippen LogP) is 0.817. The van der Waals surface area contributed by atoms with Gasteiger partial charge in [-0.25, -0.2) is 4.79 Å². The normalized spacial score (nSPS) is 22.6. The first kappa shape index (κ1) is 16.9. The zero-order valence-electron chi connectivity index (χ0n) is 13.4. The maximum atomic E-state index is 11.6. The zero-order valence-corrected chi connectivity index (χ0v) is 13.4. The van der Waals surface area contributed by atoms with Crippen LogP contribution in [0.25, 0.3) is 0 Å². The molecule has 1 amide bonds. The van der Waals surface area contributed by atoms with E-state index >= 15 is 0 Å². The standard InChI is InChI=1S/C15H28N4O3/c1-2-22-14(20)19-9-5-12(6-10-19)18-13(16)17-11-15(21)7-3-4-8-15/h12,21H,2-11H2,1H3,(H3,16,17,18). The Morgan fingerprint density at radius 1 is 1.41 bits per heavy atom. The van der Waals surface area contributed by atoms with Crippen molar-refractivity contribution in [1.82, 2.24) is 10.2 Å². The van der Waals surface area contributed by atoms with E-state index in [-0.39, 0.29) is 12.1 Å². The molecule has 0 aromatic heterocycles. The quantitative estimate of drug-likeness (QED) is 0.527. The van der Waals surface area contributed by atoms with Gasteiger partial charge in [0.05, 0.1) is 18.8 Å². The average Bonchev–Trinajstić information content (AvgIpc) is 2.94. The first-order valence-electron chi connectivity index (χ1n) is 8.23. The van der Waals surface area contributed by atoms with Crippen molar-refractivity contribution in [2.75, 3.05) is 26.2 Å². The molecule has 2 aliphatic rings. The minimum atomic E-state index is -0.667. The fourth-order valence-electron chi connectivity index (χ4n) is 3.10. The number of ether oxygens (including phenoxy) is 1. The van der Waals surface area contributed by atoms with Gasteiger partial charge < -0.3 is 25.8 Å². The molecular formula is C15H28N4O3. The molecule has 22 heavy (non-hydrogen) atoms. The summed E-state index contributed by atoms with van der Waals surface area (Å²) in [5, 5.41) is 13.4. The fourth-order valence-corrected chi connectivity index (χ4v) is 3.10. The van der Waals surface area contributed by atoms with E-state index in [9.17, 15) is 9.90 Å². The Morgan fingerprint density at radius 3 is 2.64 bits per heavy atom. The third-order valence-corrected chi connectivity index (χ3v) is 4.45. The Balaban J connectivity index is 1.72. The first-order chi connectivity index (χ1) is 10.5. The van der Waals surface area contributed by atoms with Crippen LogP contribution in [0.15, 0.2) is 4.99 Å². The number of rotatable bonds is 4. The van der Waals surface area contributed by atoms with Gasteiger partial charge in [-0.15, -0.1) is 0 Å². The number of carbonyl (C=O) groups is 1. The van der Waals surface area contributed by atoms with Crippen LogP contribution in [0.3, 0.4) is 0 Å². The minimum Gasteiger partial charge on any atom is -0.450 e. The summed E-state index contributed by atoms with van der Waals surface area (Å²) < 4.78 is 4.99. The summed E-state index contributed by atoms with van der Waals surface area (Å²) in [5.41, 5.74) is 5.24. The lowest BCUT2D eigenvalue weighted by Crippen LogP contribution is -2.48. The summed E-state index contributed by atoms with van der Waals surface area (Å²) in [7, 11) is 0. The molecule has 1 saturated carbocycles. The number of hydrogen-bond donors (Lipinski definition) is 3. The third kappa shape index (κ3) is 4.76. The summed E-state index contributed by atoms with van der Waals surface area (Å²) in [6, 6.07) is 0.215. The van der Waals surface area contributed by atoms with E-state index in [1.54, 1.807) is 4.90 Å². The average molecular weight is 312 g/mol. The highest BCUT2D eigenvalue weighted by Crippen LogP contribution is 2.29. The smallest absolute Gasteiger partial charge is 0.409 e. The zero-order chi connectivity index (χ0) is 16.0. The van der Waals surface area contributed by atoms with Crippen LogP contribution >= 0.6 is 0 Å². The lowest BCUT2D eigenvalue weighted by molar-refractivity contribution is 0.0574. The summed E-state index contributed by atoms with van der Waals surface area (Å²) in [6.07, 6.45) is 5.13. The van der Waals surface area contributed by atoms with E-state index in [0.717, 1.165) is 38.5 Å². The summed E-state index contributed by atoms with van der Waals surface area (Å²) in [6.45, 7) is 3.90. The molecule has 126 valence electrons. The van der Waals surface area contributed by atoms with Crippen LogP contribution in [0.4, 0.5) is 4.79 Å². The summed E-state index contributed by atoms with van der Waals surface area (Å²) in [4.78, 5) is 17.6. The van der Waals surface area contributed by atoms with E-state index < -0.39 is 5.60 Å². The van der Waals surface area contributed by atoms with Gasteiger partial charge in [0.2, 0.25) is 0 Å². The summed E-state index contributed by atoms with van der Waals surface area (Å²) in [5.74, 6) is 0.384. The number of nitrogens with two attached hydrogens (primary N) is 1. The van der Waals surface area contributed by atoms with Crippen LogP contribution < -0.4 is 11.1 Å². The van der Waals surface area contributed by atoms with E-state index in [1.165, 1.54) is 0 Å². The molecule has 0 unspecified atom stereocenters. The van der Waals surface area contributed by atoms with Gasteiger partial charge in [0.15, 0.2) is 5.96 Å². The van der Waals surface area contributed by atoms with Crippen molar-refractivity contribution in [2.24, 2.45) is 10.7 Å². The molecule has 0 aromatic rings. The number of piperidine rings is 1. The molecule has 0 aromatic carbocycles. The highest BCUT2D eigenvalue weighted by atomic mass is 16.6. The lowest BCUT2D eigenvalue weighted by atomic mass is 10.0. The molecule has 4 N–H and O–H groups in total. The minimum absolute atomic E-state index is 0.215. The molecule has 0 atom stereocenters. The highest BCUT2D eigenvalue weighted by Gasteiger charge is 2.31. The SMILES string of the molecule is CCOC(=O)N1CCC(NC(N)=NCC2(O)CCCC2)CC1. The maximum absolute atomic E-state index is 11.6. The van der Waals surface area contributed by atoms with E-state index in [4.69, 9.17) is 10.5 Å². The van der Waals surface area contributed by atoms with Crippen molar-refractivity contribution < 1.29 is 14.6 Å². The van der Waals surface area contributed by atoms with Gasteiger partial charge in [-0.1, -0.05) is 12.8 Å². The number of carbonyl (C=O) groups excluding carboxylic acids is 1.